The van der Waals surface area contributed by atoms with Gasteiger partial charge in [0.25, 0.3) is 0 Å². The SMILES string of the molecule is CC(=O)Nc1ccc(S(=O)(=O)N[C@@H](C(=O)O)c2ccccc2)cc1. The van der Waals surface area contributed by atoms with E-state index in [9.17, 15) is 23.1 Å². The van der Waals surface area contributed by atoms with Crippen molar-refractivity contribution in [3.8, 4) is 0 Å². The highest BCUT2D eigenvalue weighted by molar-refractivity contribution is 7.89. The van der Waals surface area contributed by atoms with E-state index in [0.717, 1.165) is 0 Å². The molecule has 8 heteroatoms. The summed E-state index contributed by atoms with van der Waals surface area (Å²) in [6.07, 6.45) is 0. The topological polar surface area (TPSA) is 113 Å². The highest BCUT2D eigenvalue weighted by Crippen LogP contribution is 2.19. The van der Waals surface area contributed by atoms with Crippen LogP contribution in [0, 0.1) is 0 Å². The van der Waals surface area contributed by atoms with E-state index in [0.29, 0.717) is 11.3 Å². The summed E-state index contributed by atoms with van der Waals surface area (Å²) in [6.45, 7) is 1.34. The first-order valence-electron chi connectivity index (χ1n) is 6.97. The summed E-state index contributed by atoms with van der Waals surface area (Å²) >= 11 is 0. The number of nitrogens with one attached hydrogen (secondary N) is 2. The number of carbonyl (C=O) groups is 2. The average Bonchev–Trinajstić information content (AvgIpc) is 2.53. The molecule has 0 spiro atoms. The van der Waals surface area contributed by atoms with Gasteiger partial charge in [-0.25, -0.2) is 8.42 Å². The van der Waals surface area contributed by atoms with Crippen LogP contribution in [0.1, 0.15) is 18.5 Å². The number of hydrogen-bond acceptors (Lipinski definition) is 4. The fourth-order valence-electron chi connectivity index (χ4n) is 2.05. The molecule has 0 aliphatic carbocycles. The van der Waals surface area contributed by atoms with Crippen LogP contribution in [-0.4, -0.2) is 25.4 Å². The van der Waals surface area contributed by atoms with E-state index in [1.54, 1.807) is 18.2 Å². The third-order valence-electron chi connectivity index (χ3n) is 3.14. The summed E-state index contributed by atoms with van der Waals surface area (Å²) in [5.41, 5.74) is 0.766. The van der Waals surface area contributed by atoms with Crippen molar-refractivity contribution < 1.29 is 23.1 Å². The van der Waals surface area contributed by atoms with Crippen LogP contribution >= 0.6 is 0 Å². The smallest absolute Gasteiger partial charge is 0.326 e. The number of rotatable bonds is 6. The van der Waals surface area contributed by atoms with E-state index < -0.39 is 22.0 Å². The molecule has 2 aromatic carbocycles. The molecule has 126 valence electrons. The Kier molecular flexibility index (Phi) is 5.32. The Bertz CT molecular complexity index is 833. The molecule has 0 saturated heterocycles. The number of carboxylic acids is 1. The molecule has 7 nitrogen and oxygen atoms in total. The van der Waals surface area contributed by atoms with Crippen LogP contribution in [-0.2, 0) is 19.6 Å². The van der Waals surface area contributed by atoms with Crippen molar-refractivity contribution >= 4 is 27.6 Å². The van der Waals surface area contributed by atoms with Gasteiger partial charge in [0, 0.05) is 12.6 Å². The number of hydrogen-bond donors (Lipinski definition) is 3. The van der Waals surface area contributed by atoms with Crippen molar-refractivity contribution in [3.63, 3.8) is 0 Å². The maximum atomic E-state index is 12.4. The minimum atomic E-state index is -4.04. The molecule has 0 fully saturated rings. The first-order valence-corrected chi connectivity index (χ1v) is 8.45. The van der Waals surface area contributed by atoms with Gasteiger partial charge in [-0.05, 0) is 29.8 Å². The minimum Gasteiger partial charge on any atom is -0.480 e. The Morgan fingerprint density at radius 2 is 1.58 bits per heavy atom. The Labute approximate surface area is 139 Å². The number of carboxylic acid groups (broad SMARTS) is 1. The molecule has 0 unspecified atom stereocenters. The fourth-order valence-corrected chi connectivity index (χ4v) is 3.23. The largest absolute Gasteiger partial charge is 0.480 e. The molecule has 2 aromatic rings. The predicted octanol–water partition coefficient (Wildman–Crippen LogP) is 1.75. The van der Waals surface area contributed by atoms with E-state index in [-0.39, 0.29) is 10.8 Å². The quantitative estimate of drug-likeness (QED) is 0.736. The number of aliphatic carboxylic acids is 1. The first kappa shape index (κ1) is 17.6. The van der Waals surface area contributed by atoms with Gasteiger partial charge in [0.2, 0.25) is 15.9 Å². The van der Waals surface area contributed by atoms with Gasteiger partial charge in [-0.15, -0.1) is 0 Å². The maximum Gasteiger partial charge on any atom is 0.326 e. The zero-order valence-electron chi connectivity index (χ0n) is 12.8. The summed E-state index contributed by atoms with van der Waals surface area (Å²) in [6, 6.07) is 12.0. The van der Waals surface area contributed by atoms with Crippen LogP contribution < -0.4 is 10.0 Å². The molecule has 0 aliphatic heterocycles. The summed E-state index contributed by atoms with van der Waals surface area (Å²) in [4.78, 5) is 22.3. The van der Waals surface area contributed by atoms with Crippen molar-refractivity contribution in [1.29, 1.82) is 0 Å². The number of anilines is 1. The molecular weight excluding hydrogens is 332 g/mol. The van der Waals surface area contributed by atoms with E-state index >= 15 is 0 Å². The second-order valence-electron chi connectivity index (χ2n) is 5.01. The second-order valence-corrected chi connectivity index (χ2v) is 6.72. The lowest BCUT2D eigenvalue weighted by molar-refractivity contribution is -0.139. The molecular formula is C16H16N2O5S. The molecule has 0 saturated carbocycles. The first-order chi connectivity index (χ1) is 11.3. The monoisotopic (exact) mass is 348 g/mol. The van der Waals surface area contributed by atoms with Crippen LogP contribution in [0.2, 0.25) is 0 Å². The Hall–Kier alpha value is -2.71. The molecule has 0 aliphatic rings. The van der Waals surface area contributed by atoms with E-state index in [1.165, 1.54) is 43.3 Å². The number of benzene rings is 2. The van der Waals surface area contributed by atoms with Gasteiger partial charge in [-0.1, -0.05) is 30.3 Å². The molecule has 24 heavy (non-hydrogen) atoms. The van der Waals surface area contributed by atoms with Crippen LogP contribution in [0.4, 0.5) is 5.69 Å². The normalized spacial score (nSPS) is 12.4. The maximum absolute atomic E-state index is 12.4. The highest BCUT2D eigenvalue weighted by Gasteiger charge is 2.26. The van der Waals surface area contributed by atoms with E-state index in [4.69, 9.17) is 0 Å². The third-order valence-corrected chi connectivity index (χ3v) is 4.58. The summed E-state index contributed by atoms with van der Waals surface area (Å²) in [7, 11) is -4.04. The van der Waals surface area contributed by atoms with Crippen molar-refractivity contribution in [2.24, 2.45) is 0 Å². The Balaban J connectivity index is 2.26. The minimum absolute atomic E-state index is 0.0983. The lowest BCUT2D eigenvalue weighted by atomic mass is 10.1. The van der Waals surface area contributed by atoms with E-state index in [2.05, 4.69) is 10.0 Å². The molecule has 0 bridgehead atoms. The molecule has 3 N–H and O–H groups in total. The zero-order chi connectivity index (χ0) is 17.7. The zero-order valence-corrected chi connectivity index (χ0v) is 13.6. The van der Waals surface area contributed by atoms with E-state index in [1.807, 2.05) is 0 Å². The highest BCUT2D eigenvalue weighted by atomic mass is 32.2. The predicted molar refractivity (Wildman–Crippen MR) is 87.9 cm³/mol. The van der Waals surface area contributed by atoms with Crippen LogP contribution in [0.3, 0.4) is 0 Å². The fraction of sp³-hybridized carbons (Fsp3) is 0.125. The number of sulfonamides is 1. The van der Waals surface area contributed by atoms with Gasteiger partial charge in [-0.3, -0.25) is 9.59 Å². The molecule has 1 amide bonds. The molecule has 1 atom stereocenters. The van der Waals surface area contributed by atoms with Crippen LogP contribution in [0.5, 0.6) is 0 Å². The number of amides is 1. The van der Waals surface area contributed by atoms with Crippen molar-refractivity contribution in [2.45, 2.75) is 17.9 Å². The number of carbonyl (C=O) groups excluding carboxylic acids is 1. The molecule has 0 radical (unpaired) electrons. The van der Waals surface area contributed by atoms with Crippen LogP contribution in [0.15, 0.2) is 59.5 Å². The van der Waals surface area contributed by atoms with Gasteiger partial charge in [0.05, 0.1) is 4.90 Å². The summed E-state index contributed by atoms with van der Waals surface area (Å²) in [5.74, 6) is -1.58. The molecule has 2 rings (SSSR count). The Morgan fingerprint density at radius 3 is 2.08 bits per heavy atom. The van der Waals surface area contributed by atoms with Crippen molar-refractivity contribution in [1.82, 2.24) is 4.72 Å². The second kappa shape index (κ2) is 7.24. The third kappa shape index (κ3) is 4.40. The van der Waals surface area contributed by atoms with Gasteiger partial charge >= 0.3 is 5.97 Å². The van der Waals surface area contributed by atoms with Crippen LogP contribution in [0.25, 0.3) is 0 Å². The van der Waals surface area contributed by atoms with Gasteiger partial charge in [0.15, 0.2) is 0 Å². The Morgan fingerprint density at radius 1 is 1.00 bits per heavy atom. The molecule has 0 heterocycles. The van der Waals surface area contributed by atoms with Crippen molar-refractivity contribution in [2.75, 3.05) is 5.32 Å². The van der Waals surface area contributed by atoms with Gasteiger partial charge in [0.1, 0.15) is 6.04 Å². The lowest BCUT2D eigenvalue weighted by Crippen LogP contribution is -2.33. The van der Waals surface area contributed by atoms with Gasteiger partial charge in [-0.2, -0.15) is 4.72 Å². The summed E-state index contributed by atoms with van der Waals surface area (Å²) < 4.78 is 27.0. The summed E-state index contributed by atoms with van der Waals surface area (Å²) in [5, 5.41) is 11.8. The average molecular weight is 348 g/mol. The standard InChI is InChI=1S/C16H16N2O5S/c1-11(19)17-13-7-9-14(10-8-13)24(22,23)18-15(16(20)21)12-5-3-2-4-6-12/h2-10,15,18H,1H3,(H,17,19)(H,20,21)/t15-/m1/s1. The molecule has 0 aromatic heterocycles. The lowest BCUT2D eigenvalue weighted by Gasteiger charge is -2.15. The van der Waals surface area contributed by atoms with Crippen molar-refractivity contribution in [3.05, 3.63) is 60.2 Å². The van der Waals surface area contributed by atoms with Gasteiger partial charge < -0.3 is 10.4 Å².